The van der Waals surface area contributed by atoms with Gasteiger partial charge in [-0.25, -0.2) is 0 Å². The van der Waals surface area contributed by atoms with Crippen molar-refractivity contribution in [3.8, 4) is 0 Å². The van der Waals surface area contributed by atoms with Crippen LogP contribution in [0.5, 0.6) is 0 Å². The molecular weight excluding hydrogens is 464 g/mol. The van der Waals surface area contributed by atoms with E-state index in [1.54, 1.807) is 0 Å². The minimum absolute atomic E-state index is 0.947. The van der Waals surface area contributed by atoms with Gasteiger partial charge in [0, 0.05) is 38.1 Å². The molecule has 0 radical (unpaired) electrons. The van der Waals surface area contributed by atoms with Crippen molar-refractivity contribution in [3.63, 3.8) is 0 Å². The van der Waals surface area contributed by atoms with Crippen molar-refractivity contribution >= 4 is 0 Å². The first-order chi connectivity index (χ1) is 26.2. The number of hydrogen-bond donors (Lipinski definition) is 7. The largest absolute Gasteiger partial charge is 0.394 e. The van der Waals surface area contributed by atoms with Crippen LogP contribution in [0, 0.1) is 0 Å². The molecule has 0 amide bonds. The molecule has 2 saturated heterocycles. The van der Waals surface area contributed by atoms with Crippen molar-refractivity contribution in [1.29, 1.82) is 0 Å². The Hall–Kier alpha value is -0.440. The van der Waals surface area contributed by atoms with E-state index >= 15 is 0 Å². The summed E-state index contributed by atoms with van der Waals surface area (Å²) in [5.74, 6) is 0. The zero-order chi connectivity index (χ0) is 48.0. The molecule has 0 saturated carbocycles. The number of aliphatic hydroxyl groups excluding tert-OH is 7. The normalized spacial score (nSPS) is 53.5. The van der Waals surface area contributed by atoms with E-state index in [1.165, 1.54) is 0 Å². The highest BCUT2D eigenvalue weighted by molar-refractivity contribution is 4.94. The van der Waals surface area contributed by atoms with Gasteiger partial charge in [-0.1, -0.05) is 64.2 Å². The molecule has 7 N–H and O–H groups in total. The second kappa shape index (κ2) is 16.4. The molecule has 2 aliphatic heterocycles. The van der Waals surface area contributed by atoms with Crippen LogP contribution < -0.4 is 0 Å². The standard InChI is InChI=1S/C24H46O11/c1-2-3-4-5-6-7-8-9-10-11-12-32-23-21(31)19(29)22(16(14-26)34-23)35-24-20(30)18(28)17(27)15(13-25)33-24/h15-31H,2-14H2,1H3/t15-,16+,17-,18+,19+,20-,21+,22+,23+,24-/m0/s1/i1D3,2D2,3D2,4D2,5D2,6D2,7D2,8D2,9D2,10D2,11D2,12D2. The van der Waals surface area contributed by atoms with E-state index in [4.69, 9.17) is 53.2 Å². The quantitative estimate of drug-likeness (QED) is 0.136. The molecule has 0 aromatic rings. The highest BCUT2D eigenvalue weighted by atomic mass is 16.7. The third kappa shape index (κ3) is 9.11. The summed E-state index contributed by atoms with van der Waals surface area (Å²) >= 11 is 0. The van der Waals surface area contributed by atoms with Crippen LogP contribution >= 0.6 is 0 Å². The van der Waals surface area contributed by atoms with Gasteiger partial charge in [0.15, 0.2) is 12.6 Å². The van der Waals surface area contributed by atoms with Gasteiger partial charge in [0.25, 0.3) is 0 Å². The van der Waals surface area contributed by atoms with Gasteiger partial charge in [-0.15, -0.1) is 0 Å². The number of rotatable bonds is 16. The highest BCUT2D eigenvalue weighted by Crippen LogP contribution is 2.29. The number of ether oxygens (including phenoxy) is 4. The second-order valence-electron chi connectivity index (χ2n) is 6.97. The maximum Gasteiger partial charge on any atom is 0.187 e. The van der Waals surface area contributed by atoms with E-state index in [-0.39, 0.29) is 0 Å². The van der Waals surface area contributed by atoms with E-state index in [0.717, 1.165) is 0 Å². The Morgan fingerprint density at radius 1 is 0.657 bits per heavy atom. The zero-order valence-corrected chi connectivity index (χ0v) is 18.0. The molecule has 0 aromatic heterocycles. The minimum atomic E-state index is -5.03. The van der Waals surface area contributed by atoms with Gasteiger partial charge in [0.05, 0.1) is 16.0 Å². The van der Waals surface area contributed by atoms with Gasteiger partial charge in [-0.3, -0.25) is 0 Å². The molecule has 2 heterocycles. The van der Waals surface area contributed by atoms with Gasteiger partial charge in [-0.2, -0.15) is 0 Å². The first-order valence-corrected chi connectivity index (χ1v) is 10.0. The molecule has 208 valence electrons. The summed E-state index contributed by atoms with van der Waals surface area (Å²) < 4.78 is 222. The lowest BCUT2D eigenvalue weighted by molar-refractivity contribution is -0.359. The zero-order valence-electron chi connectivity index (χ0n) is 43.0. The predicted octanol–water partition coefficient (Wildman–Crippen LogP) is -0.452. The molecule has 0 unspecified atom stereocenters. The first-order valence-electron chi connectivity index (χ1n) is 22.5. The van der Waals surface area contributed by atoms with Crippen molar-refractivity contribution in [2.45, 2.75) is 132 Å². The molecular formula is C24H46O11. The van der Waals surface area contributed by atoms with Gasteiger partial charge in [0.1, 0.15) is 48.8 Å². The van der Waals surface area contributed by atoms with E-state index in [9.17, 15) is 35.7 Å². The van der Waals surface area contributed by atoms with Crippen LogP contribution in [0.4, 0.5) is 0 Å². The van der Waals surface area contributed by atoms with Crippen LogP contribution in [0.25, 0.3) is 0 Å². The van der Waals surface area contributed by atoms with Crippen molar-refractivity contribution in [2.24, 2.45) is 0 Å². The summed E-state index contributed by atoms with van der Waals surface area (Å²) in [4.78, 5) is 0. The van der Waals surface area contributed by atoms with Gasteiger partial charge >= 0.3 is 0 Å². The number of hydrogen-bond acceptors (Lipinski definition) is 11. The SMILES string of the molecule is [2H]C([2H])([2H])C([2H])([2H])C([2H])([2H])C([2H])([2H])C([2H])([2H])C([2H])([2H])C([2H])([2H])C([2H])([2H])C([2H])([2H])C([2H])([2H])C([2H])([2H])C([2H])([2H])O[C@@H]1O[C@H](CO)[C@@H](O[C@@H]2O[C@@H](CO)[C@H](O)[C@@H](O)[C@@H]2O)[C@H](O)[C@H]1O. The van der Waals surface area contributed by atoms with Gasteiger partial charge in [-0.05, 0) is 6.37 Å². The number of aliphatic hydroxyl groups is 7. The van der Waals surface area contributed by atoms with Crippen LogP contribution in [-0.2, 0) is 18.9 Å². The van der Waals surface area contributed by atoms with Gasteiger partial charge in [0.2, 0.25) is 0 Å². The molecule has 2 rings (SSSR count). The average molecular weight is 536 g/mol. The second-order valence-corrected chi connectivity index (χ2v) is 6.97. The van der Waals surface area contributed by atoms with Crippen LogP contribution in [0.1, 0.15) is 105 Å². The fourth-order valence-electron chi connectivity index (χ4n) is 3.02. The molecule has 11 heteroatoms. The maximum absolute atomic E-state index is 10.8. The molecule has 10 atom stereocenters. The fourth-order valence-corrected chi connectivity index (χ4v) is 3.02. The van der Waals surface area contributed by atoms with E-state index < -0.39 is 152 Å². The van der Waals surface area contributed by atoms with Gasteiger partial charge < -0.3 is 54.7 Å². The topological polar surface area (TPSA) is 179 Å². The lowest BCUT2D eigenvalue weighted by Gasteiger charge is -2.45. The highest BCUT2D eigenvalue weighted by Gasteiger charge is 2.50. The Kier molecular flexibility index (Phi) is 4.98. The van der Waals surface area contributed by atoms with Crippen molar-refractivity contribution in [3.05, 3.63) is 0 Å². The van der Waals surface area contributed by atoms with Crippen LogP contribution in [0.2, 0.25) is 0 Å². The predicted molar refractivity (Wildman–Crippen MR) is 124 cm³/mol. The summed E-state index contributed by atoms with van der Waals surface area (Å²) in [6.07, 6.45) is -69.8. The van der Waals surface area contributed by atoms with E-state index in [1.807, 2.05) is 0 Å². The molecule has 2 aliphatic rings. The average Bonchev–Trinajstić information content (AvgIpc) is 3.09. The van der Waals surface area contributed by atoms with E-state index in [0.29, 0.717) is 0 Å². The molecule has 0 bridgehead atoms. The van der Waals surface area contributed by atoms with Crippen molar-refractivity contribution < 1.29 is 89.0 Å². The Labute approximate surface area is 242 Å². The minimum Gasteiger partial charge on any atom is -0.394 e. The summed E-state index contributed by atoms with van der Waals surface area (Å²) in [6, 6.07) is 0. The summed E-state index contributed by atoms with van der Waals surface area (Å²) in [5, 5.41) is 71.3. The Morgan fingerprint density at radius 2 is 1.20 bits per heavy atom. The lowest BCUT2D eigenvalue weighted by Crippen LogP contribution is -2.64. The Bertz CT molecular complexity index is 1490. The smallest absolute Gasteiger partial charge is 0.187 e. The maximum atomic E-state index is 10.8. The fraction of sp³-hybridized carbons (Fsp3) is 1.00. The molecule has 0 aromatic carbocycles. The summed E-state index contributed by atoms with van der Waals surface area (Å²) in [5.41, 5.74) is 0. The third-order valence-electron chi connectivity index (χ3n) is 4.75. The third-order valence-corrected chi connectivity index (χ3v) is 4.75. The summed E-state index contributed by atoms with van der Waals surface area (Å²) in [7, 11) is 0. The van der Waals surface area contributed by atoms with Crippen LogP contribution in [-0.4, -0.2) is 117 Å². The first kappa shape index (κ1) is 10.6. The van der Waals surface area contributed by atoms with Crippen molar-refractivity contribution in [1.82, 2.24) is 0 Å². The Morgan fingerprint density at radius 3 is 1.80 bits per heavy atom. The lowest BCUT2D eigenvalue weighted by atomic mass is 9.97. The molecule has 0 spiro atoms. The monoisotopic (exact) mass is 535 g/mol. The molecule has 2 fully saturated rings. The van der Waals surface area contributed by atoms with E-state index in [2.05, 4.69) is 0 Å². The van der Waals surface area contributed by atoms with Crippen LogP contribution in [0.3, 0.4) is 0 Å². The Balaban J connectivity index is 2.55. The molecule has 35 heavy (non-hydrogen) atoms. The molecule has 11 nitrogen and oxygen atoms in total. The van der Waals surface area contributed by atoms with Crippen LogP contribution in [0.15, 0.2) is 0 Å². The molecule has 0 aliphatic carbocycles. The summed E-state index contributed by atoms with van der Waals surface area (Å²) in [6.45, 7) is -10.7. The van der Waals surface area contributed by atoms with Crippen molar-refractivity contribution in [2.75, 3.05) is 19.8 Å².